The van der Waals surface area contributed by atoms with Crippen molar-refractivity contribution >= 4 is 42.4 Å². The zero-order valence-corrected chi connectivity index (χ0v) is 20.0. The summed E-state index contributed by atoms with van der Waals surface area (Å²) in [5.41, 5.74) is 0.250. The number of nitrogens with zero attached hydrogens (tertiary/aromatic N) is 3. The monoisotopic (exact) mass is 477 g/mol. The summed E-state index contributed by atoms with van der Waals surface area (Å²) >= 11 is 1.27. The van der Waals surface area contributed by atoms with Gasteiger partial charge in [-0.2, -0.15) is 0 Å². The average Bonchev–Trinajstić information content (AvgIpc) is 3.22. The van der Waals surface area contributed by atoms with Crippen LogP contribution in [0.1, 0.15) is 26.7 Å². The van der Waals surface area contributed by atoms with E-state index in [9.17, 15) is 17.6 Å². The van der Waals surface area contributed by atoms with Gasteiger partial charge in [0.15, 0.2) is 15.0 Å². The highest BCUT2D eigenvalue weighted by atomic mass is 32.2. The van der Waals surface area contributed by atoms with Gasteiger partial charge >= 0.3 is 0 Å². The lowest BCUT2D eigenvalue weighted by Crippen LogP contribution is -2.38. The number of benzene rings is 2. The van der Waals surface area contributed by atoms with E-state index in [2.05, 4.69) is 23.7 Å². The van der Waals surface area contributed by atoms with Crippen LogP contribution in [-0.2, 0) is 14.6 Å². The number of likely N-dealkylation sites (N-methyl/N-ethyl adjacent to an activating group) is 1. The summed E-state index contributed by atoms with van der Waals surface area (Å²) in [5, 5.41) is 0.438. The second kappa shape index (κ2) is 11.0. The smallest absolute Gasteiger partial charge is 0.228 e. The molecule has 0 radical (unpaired) electrons. The zero-order chi connectivity index (χ0) is 23.1. The van der Waals surface area contributed by atoms with E-state index in [4.69, 9.17) is 0 Å². The van der Waals surface area contributed by atoms with Gasteiger partial charge in [-0.15, -0.1) is 0 Å². The number of hydrogen-bond acceptors (Lipinski definition) is 6. The van der Waals surface area contributed by atoms with Crippen LogP contribution in [0.25, 0.3) is 10.2 Å². The van der Waals surface area contributed by atoms with E-state index in [-0.39, 0.29) is 34.9 Å². The number of rotatable bonds is 11. The SMILES string of the molecule is CCN(CC)CCN(C(=O)CCCS(=O)(=O)c1ccccc1)c1nc2c(F)cccc2s1. The summed E-state index contributed by atoms with van der Waals surface area (Å²) in [5.74, 6) is -0.740. The molecule has 1 amide bonds. The third-order valence-electron chi connectivity index (χ3n) is 5.33. The molecule has 0 aliphatic heterocycles. The number of anilines is 1. The van der Waals surface area contributed by atoms with Gasteiger partial charge in [-0.05, 0) is 43.8 Å². The summed E-state index contributed by atoms with van der Waals surface area (Å²) in [6, 6.07) is 13.0. The van der Waals surface area contributed by atoms with Crippen molar-refractivity contribution in [1.82, 2.24) is 9.88 Å². The predicted molar refractivity (Wildman–Crippen MR) is 127 cm³/mol. The number of para-hydroxylation sites is 1. The van der Waals surface area contributed by atoms with Gasteiger partial charge in [0, 0.05) is 19.5 Å². The average molecular weight is 478 g/mol. The molecule has 0 spiro atoms. The zero-order valence-electron chi connectivity index (χ0n) is 18.3. The van der Waals surface area contributed by atoms with Gasteiger partial charge in [0.05, 0.1) is 15.3 Å². The lowest BCUT2D eigenvalue weighted by atomic mass is 10.3. The Morgan fingerprint density at radius 1 is 1.03 bits per heavy atom. The van der Waals surface area contributed by atoms with Crippen LogP contribution in [0, 0.1) is 5.82 Å². The molecule has 0 N–H and O–H groups in total. The molecular weight excluding hydrogens is 449 g/mol. The molecule has 6 nitrogen and oxygen atoms in total. The third kappa shape index (κ3) is 5.90. The lowest BCUT2D eigenvalue weighted by molar-refractivity contribution is -0.118. The van der Waals surface area contributed by atoms with Crippen LogP contribution in [0.3, 0.4) is 0 Å². The van der Waals surface area contributed by atoms with Crippen LogP contribution < -0.4 is 4.90 Å². The minimum atomic E-state index is -3.45. The molecule has 0 saturated heterocycles. The Balaban J connectivity index is 1.74. The van der Waals surface area contributed by atoms with Crippen molar-refractivity contribution in [1.29, 1.82) is 0 Å². The second-order valence-corrected chi connectivity index (χ2v) is 10.5. The number of amides is 1. The highest BCUT2D eigenvalue weighted by Gasteiger charge is 2.22. The van der Waals surface area contributed by atoms with E-state index in [1.807, 2.05) is 0 Å². The maximum atomic E-state index is 14.1. The summed E-state index contributed by atoms with van der Waals surface area (Å²) < 4.78 is 39.9. The molecule has 172 valence electrons. The van der Waals surface area contributed by atoms with Crippen molar-refractivity contribution in [2.75, 3.05) is 36.8 Å². The molecule has 32 heavy (non-hydrogen) atoms. The lowest BCUT2D eigenvalue weighted by Gasteiger charge is -2.24. The van der Waals surface area contributed by atoms with Crippen LogP contribution in [0.2, 0.25) is 0 Å². The van der Waals surface area contributed by atoms with Crippen LogP contribution >= 0.6 is 11.3 Å². The minimum Gasteiger partial charge on any atom is -0.302 e. The molecule has 3 aromatic rings. The fraction of sp³-hybridized carbons (Fsp3) is 0.391. The number of halogens is 1. The van der Waals surface area contributed by atoms with Crippen molar-refractivity contribution in [2.45, 2.75) is 31.6 Å². The highest BCUT2D eigenvalue weighted by Crippen LogP contribution is 2.30. The largest absolute Gasteiger partial charge is 0.302 e. The van der Waals surface area contributed by atoms with E-state index in [0.29, 0.717) is 22.9 Å². The first-order chi connectivity index (χ1) is 15.4. The number of thiazole rings is 1. The van der Waals surface area contributed by atoms with Crippen LogP contribution in [0.4, 0.5) is 9.52 Å². The molecule has 9 heteroatoms. The summed E-state index contributed by atoms with van der Waals surface area (Å²) in [6.07, 6.45) is 0.278. The van der Waals surface area contributed by atoms with E-state index in [1.165, 1.54) is 17.4 Å². The normalized spacial score (nSPS) is 11.9. The molecule has 1 aromatic heterocycles. The van der Waals surface area contributed by atoms with Crippen molar-refractivity contribution in [3.8, 4) is 0 Å². The van der Waals surface area contributed by atoms with Gasteiger partial charge in [0.1, 0.15) is 11.3 Å². The van der Waals surface area contributed by atoms with E-state index in [1.54, 1.807) is 47.4 Å². The Kier molecular flexibility index (Phi) is 8.33. The fourth-order valence-corrected chi connectivity index (χ4v) is 5.78. The molecule has 2 aromatic carbocycles. The van der Waals surface area contributed by atoms with Gasteiger partial charge < -0.3 is 4.90 Å². The number of hydrogen-bond donors (Lipinski definition) is 0. The van der Waals surface area contributed by atoms with Crippen LogP contribution in [0.15, 0.2) is 53.4 Å². The van der Waals surface area contributed by atoms with Gasteiger partial charge in [0.25, 0.3) is 0 Å². The van der Waals surface area contributed by atoms with E-state index in [0.717, 1.165) is 13.1 Å². The maximum absolute atomic E-state index is 14.1. The number of carbonyl (C=O) groups is 1. The fourth-order valence-electron chi connectivity index (χ4n) is 3.42. The molecule has 0 bridgehead atoms. The molecule has 0 atom stereocenters. The Hall–Kier alpha value is -2.36. The standard InChI is InChI=1S/C23H28FN3O3S2/c1-3-26(4-2)15-16-27(23-25-22-19(24)12-8-13-20(22)31-23)21(28)14-9-17-32(29,30)18-10-6-5-7-11-18/h5-8,10-13H,3-4,9,14-17H2,1-2H3. The molecular formula is C23H28FN3O3S2. The summed E-state index contributed by atoms with van der Waals surface area (Å²) in [4.78, 5) is 21.5. The number of carbonyl (C=O) groups excluding carboxylic acids is 1. The molecule has 0 fully saturated rings. The van der Waals surface area contributed by atoms with Gasteiger partial charge in [-0.3, -0.25) is 9.69 Å². The van der Waals surface area contributed by atoms with Crippen molar-refractivity contribution < 1.29 is 17.6 Å². The molecule has 0 aliphatic rings. The van der Waals surface area contributed by atoms with Gasteiger partial charge in [0.2, 0.25) is 5.91 Å². The summed E-state index contributed by atoms with van der Waals surface area (Å²) in [7, 11) is -3.45. The van der Waals surface area contributed by atoms with Crippen LogP contribution in [-0.4, -0.2) is 56.1 Å². The minimum absolute atomic E-state index is 0.0721. The van der Waals surface area contributed by atoms with Crippen molar-refractivity contribution in [3.63, 3.8) is 0 Å². The van der Waals surface area contributed by atoms with Gasteiger partial charge in [-0.1, -0.05) is 49.4 Å². The Morgan fingerprint density at radius 3 is 2.41 bits per heavy atom. The van der Waals surface area contributed by atoms with E-state index < -0.39 is 15.7 Å². The Labute approximate surface area is 192 Å². The Bertz CT molecular complexity index is 1150. The molecule has 1 heterocycles. The van der Waals surface area contributed by atoms with Crippen molar-refractivity contribution in [3.05, 3.63) is 54.3 Å². The Morgan fingerprint density at radius 2 is 1.75 bits per heavy atom. The molecule has 0 unspecified atom stereocenters. The predicted octanol–water partition coefficient (Wildman–Crippen LogP) is 4.36. The second-order valence-electron chi connectivity index (χ2n) is 7.39. The maximum Gasteiger partial charge on any atom is 0.228 e. The topological polar surface area (TPSA) is 70.6 Å². The first kappa shape index (κ1) is 24.3. The first-order valence-electron chi connectivity index (χ1n) is 10.7. The molecule has 0 saturated carbocycles. The number of aromatic nitrogens is 1. The van der Waals surface area contributed by atoms with E-state index >= 15 is 0 Å². The van der Waals surface area contributed by atoms with Crippen molar-refractivity contribution in [2.24, 2.45) is 0 Å². The number of sulfone groups is 1. The quantitative estimate of drug-likeness (QED) is 0.410. The summed E-state index contributed by atoms with van der Waals surface area (Å²) in [6.45, 7) is 6.87. The highest BCUT2D eigenvalue weighted by molar-refractivity contribution is 7.91. The number of fused-ring (bicyclic) bond motifs is 1. The molecule has 0 aliphatic carbocycles. The van der Waals surface area contributed by atoms with Gasteiger partial charge in [-0.25, -0.2) is 17.8 Å². The molecule has 3 rings (SSSR count). The first-order valence-corrected chi connectivity index (χ1v) is 13.2. The van der Waals surface area contributed by atoms with Crippen LogP contribution in [0.5, 0.6) is 0 Å². The third-order valence-corrected chi connectivity index (χ3v) is 8.19.